The summed E-state index contributed by atoms with van der Waals surface area (Å²) in [5.74, 6) is 0. The number of nitrogens with zero attached hydrogens (tertiary/aromatic N) is 1. The van der Waals surface area contributed by atoms with E-state index in [0.717, 1.165) is 0 Å². The van der Waals surface area contributed by atoms with Crippen molar-refractivity contribution >= 4 is 40.5 Å². The standard InChI is InChI=1S/C11H7Cl3N2/c12-7-4-3-6(9(13)10(7)14)11-8(15)2-1-5-16-11/h1-5H,15H2. The number of benzene rings is 1. The van der Waals surface area contributed by atoms with Gasteiger partial charge in [-0.1, -0.05) is 34.8 Å². The maximum absolute atomic E-state index is 6.09. The van der Waals surface area contributed by atoms with Crippen LogP contribution in [0.25, 0.3) is 11.3 Å². The maximum Gasteiger partial charge on any atom is 0.0946 e. The van der Waals surface area contributed by atoms with Gasteiger partial charge >= 0.3 is 0 Å². The topological polar surface area (TPSA) is 38.9 Å². The van der Waals surface area contributed by atoms with E-state index in [1.165, 1.54) is 0 Å². The van der Waals surface area contributed by atoms with Crippen LogP contribution in [0.5, 0.6) is 0 Å². The number of rotatable bonds is 1. The SMILES string of the molecule is Nc1cccnc1-c1ccc(Cl)c(Cl)c1Cl. The number of hydrogen-bond acceptors (Lipinski definition) is 2. The summed E-state index contributed by atoms with van der Waals surface area (Å²) in [7, 11) is 0. The van der Waals surface area contributed by atoms with Crippen LogP contribution >= 0.6 is 34.8 Å². The summed E-state index contributed by atoms with van der Waals surface area (Å²) < 4.78 is 0. The second-order valence-electron chi connectivity index (χ2n) is 3.16. The van der Waals surface area contributed by atoms with E-state index in [1.807, 2.05) is 0 Å². The summed E-state index contributed by atoms with van der Waals surface area (Å²) in [6.45, 7) is 0. The van der Waals surface area contributed by atoms with E-state index >= 15 is 0 Å². The van der Waals surface area contributed by atoms with Crippen molar-refractivity contribution in [2.75, 3.05) is 5.73 Å². The van der Waals surface area contributed by atoms with Crippen molar-refractivity contribution in [2.45, 2.75) is 0 Å². The zero-order valence-corrected chi connectivity index (χ0v) is 10.3. The number of aromatic nitrogens is 1. The van der Waals surface area contributed by atoms with Crippen LogP contribution in [0.3, 0.4) is 0 Å². The van der Waals surface area contributed by atoms with Gasteiger partial charge in [0.05, 0.1) is 26.4 Å². The molecule has 0 aliphatic carbocycles. The molecule has 1 aromatic heterocycles. The third-order valence-electron chi connectivity index (χ3n) is 2.13. The van der Waals surface area contributed by atoms with E-state index in [1.54, 1.807) is 30.5 Å². The van der Waals surface area contributed by atoms with Crippen molar-refractivity contribution in [2.24, 2.45) is 0 Å². The molecule has 1 heterocycles. The Labute approximate surface area is 108 Å². The van der Waals surface area contributed by atoms with E-state index in [4.69, 9.17) is 40.5 Å². The molecule has 0 amide bonds. The molecule has 0 unspecified atom stereocenters. The first-order chi connectivity index (χ1) is 7.61. The molecule has 1 aromatic carbocycles. The second-order valence-corrected chi connectivity index (χ2v) is 4.33. The van der Waals surface area contributed by atoms with E-state index in [0.29, 0.717) is 32.0 Å². The molecule has 2 nitrogen and oxygen atoms in total. The van der Waals surface area contributed by atoms with Gasteiger partial charge < -0.3 is 5.73 Å². The molecule has 0 saturated heterocycles. The quantitative estimate of drug-likeness (QED) is 0.787. The van der Waals surface area contributed by atoms with Crippen molar-refractivity contribution in [3.05, 3.63) is 45.5 Å². The van der Waals surface area contributed by atoms with Gasteiger partial charge in [0.2, 0.25) is 0 Å². The molecule has 82 valence electrons. The Morgan fingerprint density at radius 1 is 1.00 bits per heavy atom. The third-order valence-corrected chi connectivity index (χ3v) is 3.42. The molecule has 2 N–H and O–H groups in total. The highest BCUT2D eigenvalue weighted by atomic mass is 35.5. The van der Waals surface area contributed by atoms with Gasteiger partial charge in [-0.25, -0.2) is 0 Å². The minimum Gasteiger partial charge on any atom is -0.397 e. The lowest BCUT2D eigenvalue weighted by Gasteiger charge is -2.08. The zero-order valence-electron chi connectivity index (χ0n) is 8.05. The fourth-order valence-electron chi connectivity index (χ4n) is 1.35. The van der Waals surface area contributed by atoms with Crippen LogP contribution in [0.4, 0.5) is 5.69 Å². The molecule has 2 aromatic rings. The fourth-order valence-corrected chi connectivity index (χ4v) is 1.98. The molecule has 0 fully saturated rings. The highest BCUT2D eigenvalue weighted by Gasteiger charge is 2.12. The lowest BCUT2D eigenvalue weighted by atomic mass is 10.1. The van der Waals surface area contributed by atoms with Gasteiger partial charge in [0.25, 0.3) is 0 Å². The first-order valence-corrected chi connectivity index (χ1v) is 5.59. The smallest absolute Gasteiger partial charge is 0.0946 e. The largest absolute Gasteiger partial charge is 0.397 e. The summed E-state index contributed by atoms with van der Waals surface area (Å²) in [5.41, 5.74) is 7.63. The monoisotopic (exact) mass is 272 g/mol. The molecule has 2 rings (SSSR count). The Kier molecular flexibility index (Phi) is 3.24. The van der Waals surface area contributed by atoms with E-state index in [2.05, 4.69) is 4.98 Å². The Balaban J connectivity index is 2.66. The Morgan fingerprint density at radius 2 is 1.75 bits per heavy atom. The molecular weight excluding hydrogens is 266 g/mol. The molecular formula is C11H7Cl3N2. The van der Waals surface area contributed by atoms with E-state index in [9.17, 15) is 0 Å². The summed E-state index contributed by atoms with van der Waals surface area (Å²) in [4.78, 5) is 4.17. The summed E-state index contributed by atoms with van der Waals surface area (Å²) in [6.07, 6.45) is 1.64. The Bertz CT molecular complexity index is 541. The van der Waals surface area contributed by atoms with Crippen LogP contribution in [-0.2, 0) is 0 Å². The Hall–Kier alpha value is -0.960. The van der Waals surface area contributed by atoms with Crippen LogP contribution in [0.2, 0.25) is 15.1 Å². The van der Waals surface area contributed by atoms with Gasteiger partial charge in [-0.3, -0.25) is 4.98 Å². The number of nitrogens with two attached hydrogens (primary N) is 1. The molecule has 0 radical (unpaired) electrons. The number of pyridine rings is 1. The molecule has 0 atom stereocenters. The number of nitrogen functional groups attached to an aromatic ring is 1. The van der Waals surface area contributed by atoms with Crippen LogP contribution in [0, 0.1) is 0 Å². The lowest BCUT2D eigenvalue weighted by molar-refractivity contribution is 1.33. The van der Waals surface area contributed by atoms with Crippen molar-refractivity contribution in [3.8, 4) is 11.3 Å². The minimum atomic E-state index is 0.311. The van der Waals surface area contributed by atoms with Crippen LogP contribution in [-0.4, -0.2) is 4.98 Å². The summed E-state index contributed by atoms with van der Waals surface area (Å²) >= 11 is 17.9. The molecule has 0 aliphatic heterocycles. The predicted octanol–water partition coefficient (Wildman–Crippen LogP) is 4.29. The number of halogens is 3. The van der Waals surface area contributed by atoms with Crippen molar-refractivity contribution in [3.63, 3.8) is 0 Å². The summed E-state index contributed by atoms with van der Waals surface area (Å²) in [6, 6.07) is 6.92. The molecule has 0 spiro atoms. The maximum atomic E-state index is 6.09. The van der Waals surface area contributed by atoms with Crippen molar-refractivity contribution in [1.82, 2.24) is 4.98 Å². The highest BCUT2D eigenvalue weighted by molar-refractivity contribution is 6.49. The first-order valence-electron chi connectivity index (χ1n) is 4.45. The summed E-state index contributed by atoms with van der Waals surface area (Å²) in [5, 5.41) is 1.08. The molecule has 5 heteroatoms. The van der Waals surface area contributed by atoms with Gasteiger partial charge in [0, 0.05) is 11.8 Å². The number of hydrogen-bond donors (Lipinski definition) is 1. The van der Waals surface area contributed by atoms with Gasteiger partial charge in [0.1, 0.15) is 0 Å². The minimum absolute atomic E-state index is 0.311. The molecule has 0 aliphatic rings. The van der Waals surface area contributed by atoms with Crippen LogP contribution in [0.1, 0.15) is 0 Å². The normalized spacial score (nSPS) is 10.4. The molecule has 0 saturated carbocycles. The van der Waals surface area contributed by atoms with Crippen LogP contribution in [0.15, 0.2) is 30.5 Å². The molecule has 0 bridgehead atoms. The van der Waals surface area contributed by atoms with Crippen molar-refractivity contribution in [1.29, 1.82) is 0 Å². The van der Waals surface area contributed by atoms with E-state index in [-0.39, 0.29) is 0 Å². The van der Waals surface area contributed by atoms with Gasteiger partial charge in [-0.05, 0) is 24.3 Å². The van der Waals surface area contributed by atoms with Gasteiger partial charge in [-0.2, -0.15) is 0 Å². The average molecular weight is 274 g/mol. The fraction of sp³-hybridized carbons (Fsp3) is 0. The second kappa shape index (κ2) is 4.50. The lowest BCUT2D eigenvalue weighted by Crippen LogP contribution is -1.93. The van der Waals surface area contributed by atoms with E-state index < -0.39 is 0 Å². The highest BCUT2D eigenvalue weighted by Crippen LogP contribution is 2.38. The van der Waals surface area contributed by atoms with Gasteiger partial charge in [-0.15, -0.1) is 0 Å². The van der Waals surface area contributed by atoms with Crippen molar-refractivity contribution < 1.29 is 0 Å². The molecule has 16 heavy (non-hydrogen) atoms. The Morgan fingerprint density at radius 3 is 2.44 bits per heavy atom. The first kappa shape index (κ1) is 11.5. The predicted molar refractivity (Wildman–Crippen MR) is 69.1 cm³/mol. The van der Waals surface area contributed by atoms with Gasteiger partial charge in [0.15, 0.2) is 0 Å². The number of anilines is 1. The third kappa shape index (κ3) is 1.96. The zero-order chi connectivity index (χ0) is 11.7. The average Bonchev–Trinajstić information content (AvgIpc) is 2.28. The van der Waals surface area contributed by atoms with Crippen LogP contribution < -0.4 is 5.73 Å².